The molecule has 4 aromatic rings. The van der Waals surface area contributed by atoms with E-state index in [1.54, 1.807) is 72.8 Å². The zero-order valence-electron chi connectivity index (χ0n) is 20.6. The Morgan fingerprint density at radius 1 is 0.947 bits per heavy atom. The van der Waals surface area contributed by atoms with Crippen LogP contribution < -0.4 is 10.6 Å². The summed E-state index contributed by atoms with van der Waals surface area (Å²) >= 11 is 5.95. The molecule has 0 radical (unpaired) electrons. The number of benzene rings is 3. The monoisotopic (exact) mass is 547 g/mol. The first-order valence-corrected chi connectivity index (χ1v) is 14.5. The third kappa shape index (κ3) is 5.56. The van der Waals surface area contributed by atoms with Gasteiger partial charge in [0.1, 0.15) is 5.15 Å². The van der Waals surface area contributed by atoms with Crippen LogP contribution in [0.15, 0.2) is 83.8 Å². The fraction of sp³-hybridized carbons (Fsp3) is 0.207. The first-order chi connectivity index (χ1) is 18.2. The zero-order chi connectivity index (χ0) is 26.9. The molecule has 194 valence electrons. The second kappa shape index (κ2) is 10.6. The summed E-state index contributed by atoms with van der Waals surface area (Å²) in [5.74, 6) is -0.750. The fourth-order valence-electron chi connectivity index (χ4n) is 4.94. The number of rotatable bonds is 6. The molecule has 1 aliphatic carbocycles. The first-order valence-electron chi connectivity index (χ1n) is 12.3. The number of carbonyl (C=O) groups is 2. The van der Waals surface area contributed by atoms with Gasteiger partial charge in [0.2, 0.25) is 5.91 Å². The third-order valence-corrected chi connectivity index (χ3v) is 8.20. The molecule has 2 N–H and O–H groups in total. The van der Waals surface area contributed by atoms with Crippen LogP contribution in [0.2, 0.25) is 5.15 Å². The van der Waals surface area contributed by atoms with Crippen LogP contribution in [0.4, 0.5) is 5.69 Å². The Morgan fingerprint density at radius 2 is 1.71 bits per heavy atom. The van der Waals surface area contributed by atoms with Crippen molar-refractivity contribution in [2.45, 2.75) is 30.2 Å². The van der Waals surface area contributed by atoms with Gasteiger partial charge in [-0.15, -0.1) is 0 Å². The molecule has 1 aliphatic rings. The van der Waals surface area contributed by atoms with Crippen LogP contribution in [0, 0.1) is 5.92 Å². The topological polar surface area (TPSA) is 105 Å². The van der Waals surface area contributed by atoms with E-state index in [2.05, 4.69) is 15.6 Å². The summed E-state index contributed by atoms with van der Waals surface area (Å²) in [4.78, 5) is 30.6. The Bertz CT molecular complexity index is 1640. The van der Waals surface area contributed by atoms with E-state index < -0.39 is 9.84 Å². The minimum atomic E-state index is -3.38. The Morgan fingerprint density at radius 3 is 2.47 bits per heavy atom. The van der Waals surface area contributed by atoms with Crippen molar-refractivity contribution in [1.29, 1.82) is 0 Å². The highest BCUT2D eigenvalue weighted by atomic mass is 35.5. The van der Waals surface area contributed by atoms with Crippen molar-refractivity contribution in [2.24, 2.45) is 5.92 Å². The molecule has 9 heteroatoms. The second-order valence-corrected chi connectivity index (χ2v) is 11.9. The van der Waals surface area contributed by atoms with E-state index >= 15 is 0 Å². The van der Waals surface area contributed by atoms with Crippen molar-refractivity contribution in [3.63, 3.8) is 0 Å². The number of anilines is 1. The Labute approximate surface area is 226 Å². The van der Waals surface area contributed by atoms with Crippen LogP contribution in [0.1, 0.15) is 29.6 Å². The smallest absolute Gasteiger partial charge is 0.251 e. The quantitative estimate of drug-likeness (QED) is 0.310. The van der Waals surface area contributed by atoms with Crippen LogP contribution in [-0.4, -0.2) is 37.5 Å². The van der Waals surface area contributed by atoms with E-state index in [4.69, 9.17) is 11.6 Å². The summed E-state index contributed by atoms with van der Waals surface area (Å²) in [5.41, 5.74) is 3.16. The number of carbonyl (C=O) groups excluding carboxylic acids is 2. The van der Waals surface area contributed by atoms with Gasteiger partial charge in [-0.2, -0.15) is 0 Å². The van der Waals surface area contributed by atoms with Crippen molar-refractivity contribution in [3.8, 4) is 11.1 Å². The molecule has 0 bridgehead atoms. The molecule has 1 fully saturated rings. The molecular weight excluding hydrogens is 522 g/mol. The summed E-state index contributed by atoms with van der Waals surface area (Å²) in [6.45, 7) is 0. The summed E-state index contributed by atoms with van der Waals surface area (Å²) in [6.07, 6.45) is 3.42. The van der Waals surface area contributed by atoms with Crippen molar-refractivity contribution in [1.82, 2.24) is 10.3 Å². The molecule has 7 nitrogen and oxygen atoms in total. The Hall–Kier alpha value is -3.75. The highest BCUT2D eigenvalue weighted by molar-refractivity contribution is 7.90. The summed E-state index contributed by atoms with van der Waals surface area (Å²) in [7, 11) is -3.38. The van der Waals surface area contributed by atoms with Crippen molar-refractivity contribution < 1.29 is 18.0 Å². The van der Waals surface area contributed by atoms with Crippen molar-refractivity contribution >= 4 is 49.8 Å². The van der Waals surface area contributed by atoms with Gasteiger partial charge in [-0.1, -0.05) is 48.4 Å². The van der Waals surface area contributed by atoms with E-state index in [9.17, 15) is 18.0 Å². The van der Waals surface area contributed by atoms with Gasteiger partial charge in [0.05, 0.1) is 16.3 Å². The summed E-state index contributed by atoms with van der Waals surface area (Å²) in [5, 5.41) is 7.19. The van der Waals surface area contributed by atoms with E-state index in [0.717, 1.165) is 23.8 Å². The lowest BCUT2D eigenvalue weighted by Gasteiger charge is -2.21. The first kappa shape index (κ1) is 25.9. The van der Waals surface area contributed by atoms with Crippen LogP contribution >= 0.6 is 11.6 Å². The minimum Gasteiger partial charge on any atom is -0.349 e. The number of pyridine rings is 1. The highest BCUT2D eigenvalue weighted by Gasteiger charge is 2.34. The number of hydrogen-bond donors (Lipinski definition) is 2. The Balaban J connectivity index is 1.26. The molecule has 1 aromatic heterocycles. The molecule has 0 spiro atoms. The lowest BCUT2D eigenvalue weighted by atomic mass is 10.0. The Kier molecular flexibility index (Phi) is 7.19. The average molecular weight is 548 g/mol. The molecule has 1 saturated carbocycles. The van der Waals surface area contributed by atoms with E-state index in [1.807, 2.05) is 6.07 Å². The summed E-state index contributed by atoms with van der Waals surface area (Å²) < 4.78 is 24.3. The lowest BCUT2D eigenvalue weighted by molar-refractivity contribution is -0.120. The van der Waals surface area contributed by atoms with E-state index in [0.29, 0.717) is 33.9 Å². The fourth-order valence-corrected chi connectivity index (χ4v) is 6.00. The minimum absolute atomic E-state index is 0.158. The molecule has 0 saturated heterocycles. The lowest BCUT2D eigenvalue weighted by Crippen LogP contribution is -2.41. The maximum atomic E-state index is 13.1. The number of aromatic nitrogens is 1. The van der Waals surface area contributed by atoms with Gasteiger partial charge < -0.3 is 10.6 Å². The average Bonchev–Trinajstić information content (AvgIpc) is 3.36. The molecule has 2 amide bonds. The molecule has 1 heterocycles. The number of amides is 2. The number of nitrogens with one attached hydrogen (secondary N) is 2. The van der Waals surface area contributed by atoms with Crippen molar-refractivity contribution in [2.75, 3.05) is 11.6 Å². The molecule has 5 rings (SSSR count). The predicted molar refractivity (Wildman–Crippen MR) is 149 cm³/mol. The van der Waals surface area contributed by atoms with E-state index in [-0.39, 0.29) is 28.7 Å². The van der Waals surface area contributed by atoms with Gasteiger partial charge in [0, 0.05) is 34.5 Å². The van der Waals surface area contributed by atoms with Crippen LogP contribution in [0.5, 0.6) is 0 Å². The third-order valence-electron chi connectivity index (χ3n) is 6.84. The number of halogens is 1. The predicted octanol–water partition coefficient (Wildman–Crippen LogP) is 5.50. The van der Waals surface area contributed by atoms with Gasteiger partial charge in [-0.3, -0.25) is 9.59 Å². The second-order valence-electron chi connectivity index (χ2n) is 9.49. The molecule has 0 unspecified atom stereocenters. The normalized spacial score (nSPS) is 17.3. The molecular formula is C29H26ClN3O4S. The van der Waals surface area contributed by atoms with Gasteiger partial charge in [-0.25, -0.2) is 13.4 Å². The largest absolute Gasteiger partial charge is 0.349 e. The van der Waals surface area contributed by atoms with Gasteiger partial charge in [0.15, 0.2) is 9.84 Å². The number of fused-ring (bicyclic) bond motifs is 1. The number of nitrogens with zero attached hydrogens (tertiary/aromatic N) is 1. The van der Waals surface area contributed by atoms with Crippen LogP contribution in [0.3, 0.4) is 0 Å². The van der Waals surface area contributed by atoms with Gasteiger partial charge >= 0.3 is 0 Å². The maximum absolute atomic E-state index is 13.1. The number of hydrogen-bond acceptors (Lipinski definition) is 5. The van der Waals surface area contributed by atoms with E-state index in [1.165, 1.54) is 6.26 Å². The molecule has 2 atom stereocenters. The highest BCUT2D eigenvalue weighted by Crippen LogP contribution is 2.30. The zero-order valence-corrected chi connectivity index (χ0v) is 22.2. The maximum Gasteiger partial charge on any atom is 0.251 e. The molecule has 0 aliphatic heterocycles. The molecule has 3 aromatic carbocycles. The molecule has 38 heavy (non-hydrogen) atoms. The number of sulfone groups is 1. The SMILES string of the molecule is CS(=O)(=O)c1ccccc1-c1ccc(NC(=O)[C@H]2CCC[C@H]2NC(=O)c2ccc3nc(Cl)ccc3c2)cc1. The van der Waals surface area contributed by atoms with Crippen LogP contribution in [-0.2, 0) is 14.6 Å². The van der Waals surface area contributed by atoms with Gasteiger partial charge in [-0.05, 0) is 66.9 Å². The van der Waals surface area contributed by atoms with Gasteiger partial charge in [0.25, 0.3) is 5.91 Å². The van der Waals surface area contributed by atoms with Crippen LogP contribution in [0.25, 0.3) is 22.0 Å². The standard InChI is InChI=1S/C29H26ClN3O4S/c1-38(36,37)26-8-3-2-5-22(26)18-9-13-21(14-10-18)31-29(35)23-6-4-7-25(23)33-28(34)20-11-15-24-19(17-20)12-16-27(30)32-24/h2-3,5,8-17,23,25H,4,6-7H2,1H3,(H,31,35)(H,33,34)/t23-,25+/m0/s1. The summed E-state index contributed by atoms with van der Waals surface area (Å²) in [6, 6.07) is 22.4. The van der Waals surface area contributed by atoms with Crippen molar-refractivity contribution in [3.05, 3.63) is 89.6 Å².